The maximum atomic E-state index is 4.31. The molecule has 0 aliphatic rings. The van der Waals surface area contributed by atoms with E-state index in [1.54, 1.807) is 0 Å². The Morgan fingerprint density at radius 1 is 1.29 bits per heavy atom. The molecule has 3 heteroatoms. The zero-order chi connectivity index (χ0) is 12.4. The smallest absolute Gasteiger partial charge is 0.0608 e. The lowest BCUT2D eigenvalue weighted by atomic mass is 9.98. The quantitative estimate of drug-likeness (QED) is 0.875. The predicted octanol–water partition coefficient (Wildman–Crippen LogP) is 2.35. The summed E-state index contributed by atoms with van der Waals surface area (Å²) in [6, 6.07) is 8.80. The second-order valence-electron chi connectivity index (χ2n) is 4.44. The number of nitrogens with one attached hydrogen (secondary N) is 1. The summed E-state index contributed by atoms with van der Waals surface area (Å²) < 4.78 is 1.91. The zero-order valence-electron chi connectivity index (χ0n) is 10.9. The summed E-state index contributed by atoms with van der Waals surface area (Å²) in [6.45, 7) is 4.22. The molecule has 0 aliphatic heterocycles. The highest BCUT2D eigenvalue weighted by Crippen LogP contribution is 2.24. The van der Waals surface area contributed by atoms with Crippen LogP contribution >= 0.6 is 0 Å². The molecule has 90 valence electrons. The minimum absolute atomic E-state index is 0.212. The van der Waals surface area contributed by atoms with Crippen LogP contribution < -0.4 is 5.32 Å². The SMILES string of the molecule is CNC(c1cccc(C)c1)c1cnn(C)c1C. The predicted molar refractivity (Wildman–Crippen MR) is 70.0 cm³/mol. The zero-order valence-corrected chi connectivity index (χ0v) is 10.9. The third kappa shape index (κ3) is 2.24. The van der Waals surface area contributed by atoms with Gasteiger partial charge < -0.3 is 5.32 Å². The van der Waals surface area contributed by atoms with E-state index >= 15 is 0 Å². The Kier molecular flexibility index (Phi) is 3.29. The fraction of sp³-hybridized carbons (Fsp3) is 0.357. The van der Waals surface area contributed by atoms with Crippen LogP contribution in [0.2, 0.25) is 0 Å². The molecule has 1 N–H and O–H groups in total. The van der Waals surface area contributed by atoms with Crippen LogP contribution in [0.25, 0.3) is 0 Å². The van der Waals surface area contributed by atoms with Crippen molar-refractivity contribution in [2.75, 3.05) is 7.05 Å². The Bertz CT molecular complexity index is 514. The van der Waals surface area contributed by atoms with E-state index in [1.807, 2.05) is 25.0 Å². The largest absolute Gasteiger partial charge is 0.309 e. The van der Waals surface area contributed by atoms with Gasteiger partial charge in [0.25, 0.3) is 0 Å². The van der Waals surface area contributed by atoms with Crippen molar-refractivity contribution in [3.63, 3.8) is 0 Å². The average Bonchev–Trinajstić information content (AvgIpc) is 2.63. The van der Waals surface area contributed by atoms with Crippen molar-refractivity contribution in [1.82, 2.24) is 15.1 Å². The molecule has 0 bridgehead atoms. The highest BCUT2D eigenvalue weighted by molar-refractivity contribution is 5.34. The number of aryl methyl sites for hydroxylation is 2. The molecule has 2 rings (SSSR count). The van der Waals surface area contributed by atoms with Crippen molar-refractivity contribution in [2.24, 2.45) is 7.05 Å². The fourth-order valence-corrected chi connectivity index (χ4v) is 2.15. The van der Waals surface area contributed by atoms with Gasteiger partial charge in [-0.15, -0.1) is 0 Å². The van der Waals surface area contributed by atoms with Crippen LogP contribution in [0.3, 0.4) is 0 Å². The molecule has 0 fully saturated rings. The fourth-order valence-electron chi connectivity index (χ4n) is 2.15. The number of nitrogens with zero attached hydrogens (tertiary/aromatic N) is 2. The molecule has 0 spiro atoms. The molecule has 1 atom stereocenters. The standard InChI is InChI=1S/C14H19N3/c1-10-6-5-7-12(8-10)14(15-3)13-9-16-17(4)11(13)2/h5-9,14-15H,1-4H3. The van der Waals surface area contributed by atoms with E-state index in [9.17, 15) is 0 Å². The minimum atomic E-state index is 0.212. The van der Waals surface area contributed by atoms with E-state index < -0.39 is 0 Å². The molecule has 0 saturated heterocycles. The Hall–Kier alpha value is -1.61. The van der Waals surface area contributed by atoms with E-state index in [1.165, 1.54) is 22.4 Å². The molecule has 0 saturated carbocycles. The van der Waals surface area contributed by atoms with E-state index in [2.05, 4.69) is 48.5 Å². The molecule has 1 unspecified atom stereocenters. The van der Waals surface area contributed by atoms with E-state index in [4.69, 9.17) is 0 Å². The maximum absolute atomic E-state index is 4.31. The summed E-state index contributed by atoms with van der Waals surface area (Å²) >= 11 is 0. The van der Waals surface area contributed by atoms with Gasteiger partial charge in [-0.1, -0.05) is 29.8 Å². The number of rotatable bonds is 3. The molecule has 3 nitrogen and oxygen atoms in total. The van der Waals surface area contributed by atoms with Gasteiger partial charge >= 0.3 is 0 Å². The number of benzene rings is 1. The first kappa shape index (κ1) is 11.9. The lowest BCUT2D eigenvalue weighted by Gasteiger charge is -2.17. The molecule has 0 aliphatic carbocycles. The maximum Gasteiger partial charge on any atom is 0.0608 e. The van der Waals surface area contributed by atoms with E-state index in [0.29, 0.717) is 0 Å². The Balaban J connectivity index is 2.44. The molecule has 1 aromatic carbocycles. The van der Waals surface area contributed by atoms with Crippen LogP contribution in [0.5, 0.6) is 0 Å². The molecule has 1 aromatic heterocycles. The first-order valence-corrected chi connectivity index (χ1v) is 5.86. The van der Waals surface area contributed by atoms with Crippen LogP contribution in [0.4, 0.5) is 0 Å². The van der Waals surface area contributed by atoms with Crippen molar-refractivity contribution >= 4 is 0 Å². The number of aromatic nitrogens is 2. The molecule has 0 amide bonds. The average molecular weight is 229 g/mol. The molecular formula is C14H19N3. The second-order valence-corrected chi connectivity index (χ2v) is 4.44. The first-order valence-electron chi connectivity index (χ1n) is 5.86. The number of hydrogen-bond donors (Lipinski definition) is 1. The van der Waals surface area contributed by atoms with Crippen molar-refractivity contribution in [1.29, 1.82) is 0 Å². The first-order chi connectivity index (χ1) is 8.13. The summed E-state index contributed by atoms with van der Waals surface area (Å²) in [5, 5.41) is 7.67. The van der Waals surface area contributed by atoms with Crippen LogP contribution in [-0.2, 0) is 7.05 Å². The van der Waals surface area contributed by atoms with Gasteiger partial charge in [-0.2, -0.15) is 5.10 Å². The summed E-state index contributed by atoms with van der Waals surface area (Å²) in [5.74, 6) is 0. The van der Waals surface area contributed by atoms with Crippen LogP contribution in [0, 0.1) is 13.8 Å². The monoisotopic (exact) mass is 229 g/mol. The van der Waals surface area contributed by atoms with Gasteiger partial charge in [0.05, 0.1) is 12.2 Å². The third-order valence-electron chi connectivity index (χ3n) is 3.25. The Morgan fingerprint density at radius 2 is 2.06 bits per heavy atom. The van der Waals surface area contributed by atoms with Crippen molar-refractivity contribution < 1.29 is 0 Å². The minimum Gasteiger partial charge on any atom is -0.309 e. The molecule has 2 aromatic rings. The summed E-state index contributed by atoms with van der Waals surface area (Å²) in [6.07, 6.45) is 1.94. The highest BCUT2D eigenvalue weighted by Gasteiger charge is 2.16. The van der Waals surface area contributed by atoms with Crippen LogP contribution in [0.1, 0.15) is 28.4 Å². The van der Waals surface area contributed by atoms with Crippen molar-refractivity contribution in [2.45, 2.75) is 19.9 Å². The Morgan fingerprint density at radius 3 is 2.59 bits per heavy atom. The number of hydrogen-bond acceptors (Lipinski definition) is 2. The van der Waals surface area contributed by atoms with Crippen LogP contribution in [-0.4, -0.2) is 16.8 Å². The highest BCUT2D eigenvalue weighted by atomic mass is 15.3. The summed E-state index contributed by atoms with van der Waals surface area (Å²) in [7, 11) is 3.96. The molecular weight excluding hydrogens is 210 g/mol. The van der Waals surface area contributed by atoms with Gasteiger partial charge in [-0.25, -0.2) is 0 Å². The van der Waals surface area contributed by atoms with Crippen molar-refractivity contribution in [3.8, 4) is 0 Å². The van der Waals surface area contributed by atoms with Gasteiger partial charge in [0.15, 0.2) is 0 Å². The second kappa shape index (κ2) is 4.72. The molecule has 17 heavy (non-hydrogen) atoms. The Labute approximate surface area is 102 Å². The molecule has 1 heterocycles. The normalized spacial score (nSPS) is 12.7. The van der Waals surface area contributed by atoms with Crippen molar-refractivity contribution in [3.05, 3.63) is 52.8 Å². The van der Waals surface area contributed by atoms with Gasteiger partial charge in [-0.3, -0.25) is 4.68 Å². The van der Waals surface area contributed by atoms with Crippen LogP contribution in [0.15, 0.2) is 30.5 Å². The lowest BCUT2D eigenvalue weighted by Crippen LogP contribution is -2.18. The lowest BCUT2D eigenvalue weighted by molar-refractivity contribution is 0.679. The topological polar surface area (TPSA) is 29.9 Å². The van der Waals surface area contributed by atoms with Gasteiger partial charge in [0.2, 0.25) is 0 Å². The summed E-state index contributed by atoms with van der Waals surface area (Å²) in [5.41, 5.74) is 5.00. The van der Waals surface area contributed by atoms with E-state index in [0.717, 1.165) is 0 Å². The molecule has 0 radical (unpaired) electrons. The third-order valence-corrected chi connectivity index (χ3v) is 3.25. The van der Waals surface area contributed by atoms with Gasteiger partial charge in [-0.05, 0) is 26.5 Å². The van der Waals surface area contributed by atoms with Gasteiger partial charge in [0, 0.05) is 18.3 Å². The summed E-state index contributed by atoms with van der Waals surface area (Å²) in [4.78, 5) is 0. The van der Waals surface area contributed by atoms with Gasteiger partial charge in [0.1, 0.15) is 0 Å². The van der Waals surface area contributed by atoms with E-state index in [-0.39, 0.29) is 6.04 Å².